The summed E-state index contributed by atoms with van der Waals surface area (Å²) in [5.41, 5.74) is 3.18. The Hall–Kier alpha value is -4.18. The topological polar surface area (TPSA) is 134 Å². The average molecular weight is 476 g/mol. The van der Waals surface area contributed by atoms with Crippen LogP contribution in [0.5, 0.6) is 0 Å². The second-order valence-electron chi connectivity index (χ2n) is 8.60. The number of fused-ring (bicyclic) bond motifs is 3. The van der Waals surface area contributed by atoms with E-state index in [4.69, 9.17) is 9.47 Å². The van der Waals surface area contributed by atoms with Gasteiger partial charge in [-0.1, -0.05) is 48.5 Å². The van der Waals surface area contributed by atoms with Crippen molar-refractivity contribution in [3.63, 3.8) is 0 Å². The number of carboxylic acid groups (broad SMARTS) is 1. The maximum Gasteiger partial charge on any atom is 0.412 e. The molecule has 35 heavy (non-hydrogen) atoms. The Morgan fingerprint density at radius 3 is 2.40 bits per heavy atom. The lowest BCUT2D eigenvalue weighted by atomic mass is 9.98. The number of hydrogen-bond donors (Lipinski definition) is 3. The Bertz CT molecular complexity index is 1260. The van der Waals surface area contributed by atoms with Gasteiger partial charge in [0, 0.05) is 32.1 Å². The number of aliphatic carboxylic acids is 1. The van der Waals surface area contributed by atoms with Gasteiger partial charge in [0.25, 0.3) is 5.91 Å². The van der Waals surface area contributed by atoms with E-state index >= 15 is 0 Å². The van der Waals surface area contributed by atoms with Gasteiger partial charge < -0.3 is 19.5 Å². The number of carbonyl (C=O) groups excluding carboxylic acids is 2. The van der Waals surface area contributed by atoms with Gasteiger partial charge in [0.1, 0.15) is 12.3 Å². The number of H-pyrrole nitrogens is 1. The quantitative estimate of drug-likeness (QED) is 0.498. The van der Waals surface area contributed by atoms with Crippen molar-refractivity contribution in [3.8, 4) is 11.1 Å². The second kappa shape index (κ2) is 8.88. The van der Waals surface area contributed by atoms with E-state index in [0.29, 0.717) is 0 Å². The van der Waals surface area contributed by atoms with Crippen LogP contribution in [-0.2, 0) is 14.3 Å². The Morgan fingerprint density at radius 1 is 1.14 bits per heavy atom. The molecule has 10 heteroatoms. The Morgan fingerprint density at radius 2 is 1.80 bits per heavy atom. The van der Waals surface area contributed by atoms with Gasteiger partial charge in [0.2, 0.25) is 0 Å². The van der Waals surface area contributed by atoms with Crippen molar-refractivity contribution in [1.82, 2.24) is 15.1 Å². The monoisotopic (exact) mass is 476 g/mol. The summed E-state index contributed by atoms with van der Waals surface area (Å²) in [6.45, 7) is 0.303. The number of nitrogens with zero attached hydrogens (tertiary/aromatic N) is 2. The van der Waals surface area contributed by atoms with E-state index in [1.54, 1.807) is 0 Å². The average Bonchev–Trinajstić information content (AvgIpc) is 3.59. The van der Waals surface area contributed by atoms with Gasteiger partial charge in [-0.3, -0.25) is 15.2 Å². The third-order valence-corrected chi connectivity index (χ3v) is 6.68. The number of benzene rings is 2. The van der Waals surface area contributed by atoms with Crippen LogP contribution in [0.15, 0.2) is 54.6 Å². The largest absolute Gasteiger partial charge is 0.479 e. The van der Waals surface area contributed by atoms with Crippen LogP contribution < -0.4 is 5.32 Å². The number of aromatic amines is 1. The molecule has 2 aliphatic rings. The molecule has 3 N–H and O–H groups in total. The third-order valence-electron chi connectivity index (χ3n) is 6.68. The standard InChI is InChI=1S/C25H24N4O6/c1-34-25(23(31)32)10-11-29(14-25)22(30)20-12-21(28-27-20)26-24(33)35-13-19-17-8-4-2-6-15(17)16-7-3-5-9-18(16)19/h2-9,12,19H,10-11,13-14H2,1H3,(H,31,32)(H2,26,27,28,33). The minimum atomic E-state index is -1.42. The molecular formula is C25H24N4O6. The van der Waals surface area contributed by atoms with Crippen molar-refractivity contribution in [2.45, 2.75) is 17.9 Å². The first-order chi connectivity index (χ1) is 16.9. The molecule has 1 fully saturated rings. The highest BCUT2D eigenvalue weighted by atomic mass is 16.5. The fourth-order valence-electron chi connectivity index (χ4n) is 4.79. The van der Waals surface area contributed by atoms with E-state index in [1.807, 2.05) is 36.4 Å². The first kappa shape index (κ1) is 22.6. The summed E-state index contributed by atoms with van der Waals surface area (Å²) in [4.78, 5) is 38.1. The molecular weight excluding hydrogens is 452 g/mol. The van der Waals surface area contributed by atoms with Gasteiger partial charge in [-0.15, -0.1) is 0 Å². The Labute approximate surface area is 200 Å². The fraction of sp³-hybridized carbons (Fsp3) is 0.280. The van der Waals surface area contributed by atoms with Crippen molar-refractivity contribution in [2.24, 2.45) is 0 Å². The molecule has 5 rings (SSSR count). The lowest BCUT2D eigenvalue weighted by Crippen LogP contribution is -2.44. The first-order valence-electron chi connectivity index (χ1n) is 11.2. The zero-order valence-corrected chi connectivity index (χ0v) is 19.0. The van der Waals surface area contributed by atoms with Crippen LogP contribution in [0.1, 0.15) is 34.0 Å². The SMILES string of the molecule is COC1(C(=O)O)CCN(C(=O)c2cc(NC(=O)OCC3c4ccccc4-c4ccccc43)n[nH]2)C1. The number of ether oxygens (including phenoxy) is 2. The molecule has 3 aromatic rings. The number of anilines is 1. The molecule has 1 aliphatic carbocycles. The van der Waals surface area contributed by atoms with Gasteiger partial charge >= 0.3 is 12.1 Å². The number of amides is 2. The molecule has 1 aliphatic heterocycles. The van der Waals surface area contributed by atoms with Crippen LogP contribution in [0.25, 0.3) is 11.1 Å². The highest BCUT2D eigenvalue weighted by molar-refractivity contribution is 5.95. The highest BCUT2D eigenvalue weighted by Gasteiger charge is 2.47. The number of aromatic nitrogens is 2. The van der Waals surface area contributed by atoms with Gasteiger partial charge in [-0.05, 0) is 22.3 Å². The van der Waals surface area contributed by atoms with Crippen LogP contribution in [-0.4, -0.2) is 70.6 Å². The number of methoxy groups -OCH3 is 1. The summed E-state index contributed by atoms with van der Waals surface area (Å²) in [5, 5.41) is 18.5. The molecule has 0 saturated carbocycles. The summed E-state index contributed by atoms with van der Waals surface area (Å²) in [6, 6.07) is 17.5. The van der Waals surface area contributed by atoms with Crippen LogP contribution in [0.4, 0.5) is 10.6 Å². The number of carbonyl (C=O) groups is 3. The first-order valence-corrected chi connectivity index (χ1v) is 11.2. The predicted molar refractivity (Wildman–Crippen MR) is 125 cm³/mol. The summed E-state index contributed by atoms with van der Waals surface area (Å²) < 4.78 is 10.7. The Kier molecular flexibility index (Phi) is 5.73. The minimum absolute atomic E-state index is 0.0741. The second-order valence-corrected chi connectivity index (χ2v) is 8.60. The molecule has 10 nitrogen and oxygen atoms in total. The zero-order chi connectivity index (χ0) is 24.6. The molecule has 1 unspecified atom stereocenters. The molecule has 1 aromatic heterocycles. The van der Waals surface area contributed by atoms with E-state index in [9.17, 15) is 19.5 Å². The lowest BCUT2D eigenvalue weighted by Gasteiger charge is -2.22. The lowest BCUT2D eigenvalue weighted by molar-refractivity contribution is -0.160. The molecule has 1 atom stereocenters. The summed E-state index contributed by atoms with van der Waals surface area (Å²) >= 11 is 0. The predicted octanol–water partition coefficient (Wildman–Crippen LogP) is 3.09. The smallest absolute Gasteiger partial charge is 0.412 e. The van der Waals surface area contributed by atoms with E-state index in [2.05, 4.69) is 27.6 Å². The maximum atomic E-state index is 12.8. The molecule has 0 bridgehead atoms. The molecule has 0 radical (unpaired) electrons. The molecule has 180 valence electrons. The fourth-order valence-corrected chi connectivity index (χ4v) is 4.79. The van der Waals surface area contributed by atoms with Gasteiger partial charge in [-0.25, -0.2) is 9.59 Å². The molecule has 0 spiro atoms. The van der Waals surface area contributed by atoms with Crippen molar-refractivity contribution >= 4 is 23.8 Å². The Balaban J connectivity index is 1.21. The van der Waals surface area contributed by atoms with Gasteiger partial charge in [0.15, 0.2) is 11.4 Å². The normalized spacial score (nSPS) is 18.7. The van der Waals surface area contributed by atoms with Crippen LogP contribution in [0.2, 0.25) is 0 Å². The van der Waals surface area contributed by atoms with Crippen molar-refractivity contribution < 1.29 is 29.0 Å². The van der Waals surface area contributed by atoms with E-state index in [0.717, 1.165) is 22.3 Å². The number of rotatable bonds is 6. The van der Waals surface area contributed by atoms with Crippen molar-refractivity contribution in [3.05, 3.63) is 71.4 Å². The van der Waals surface area contributed by atoms with Crippen LogP contribution in [0.3, 0.4) is 0 Å². The maximum absolute atomic E-state index is 12.8. The number of carboxylic acids is 1. The number of likely N-dealkylation sites (tertiary alicyclic amines) is 1. The summed E-state index contributed by atoms with van der Waals surface area (Å²) in [7, 11) is 1.31. The van der Waals surface area contributed by atoms with Crippen LogP contribution >= 0.6 is 0 Å². The summed E-state index contributed by atoms with van der Waals surface area (Å²) in [5.74, 6) is -1.49. The molecule has 2 heterocycles. The zero-order valence-electron chi connectivity index (χ0n) is 19.0. The molecule has 2 aromatic carbocycles. The number of hydrogen-bond acceptors (Lipinski definition) is 6. The van der Waals surface area contributed by atoms with E-state index < -0.39 is 23.6 Å². The van der Waals surface area contributed by atoms with E-state index in [1.165, 1.54) is 18.1 Å². The van der Waals surface area contributed by atoms with Gasteiger partial charge in [-0.2, -0.15) is 5.10 Å². The van der Waals surface area contributed by atoms with Gasteiger partial charge in [0.05, 0.1) is 6.54 Å². The molecule has 2 amide bonds. The summed E-state index contributed by atoms with van der Waals surface area (Å²) in [6.07, 6.45) is -0.508. The highest BCUT2D eigenvalue weighted by Crippen LogP contribution is 2.44. The van der Waals surface area contributed by atoms with Crippen molar-refractivity contribution in [2.75, 3.05) is 32.1 Å². The van der Waals surface area contributed by atoms with Crippen molar-refractivity contribution in [1.29, 1.82) is 0 Å². The molecule has 1 saturated heterocycles. The minimum Gasteiger partial charge on any atom is -0.479 e. The van der Waals surface area contributed by atoms with Crippen LogP contribution in [0, 0.1) is 0 Å². The van der Waals surface area contributed by atoms with E-state index in [-0.39, 0.29) is 43.5 Å². The third kappa shape index (κ3) is 4.01. The number of nitrogens with one attached hydrogen (secondary N) is 2.